The second-order valence-electron chi connectivity index (χ2n) is 4.66. The molecule has 0 fully saturated rings. The molecule has 1 aliphatic rings. The van der Waals surface area contributed by atoms with Gasteiger partial charge in [-0.05, 0) is 48.8 Å². The molecular weight excluding hydrogens is 282 g/mol. The summed E-state index contributed by atoms with van der Waals surface area (Å²) in [5, 5.41) is 1.69. The molecule has 5 heteroatoms. The van der Waals surface area contributed by atoms with Gasteiger partial charge in [-0.1, -0.05) is 30.4 Å². The van der Waals surface area contributed by atoms with E-state index in [4.69, 9.17) is 4.74 Å². The van der Waals surface area contributed by atoms with Crippen LogP contribution in [-0.2, 0) is 0 Å². The van der Waals surface area contributed by atoms with Gasteiger partial charge >= 0.3 is 0 Å². The summed E-state index contributed by atoms with van der Waals surface area (Å²) in [7, 11) is 0. The summed E-state index contributed by atoms with van der Waals surface area (Å²) in [5.41, 5.74) is 3.78. The zero-order valence-electron chi connectivity index (χ0n) is 12.3. The lowest BCUT2D eigenvalue weighted by Gasteiger charge is -2.12. The highest BCUT2D eigenvalue weighted by molar-refractivity contribution is 8.03. The average molecular weight is 301 g/mol. The molecule has 0 aromatic carbocycles. The standard InChI is InChI=1S/C16H19N3OS/c1-4-21-19-15-9-18-16(10-17-15)20-11-14-12(2)7-5-6-8-13(14)3/h4-7,9-10H,1,8,11H2,2-3H3,(H,17,19). The summed E-state index contributed by atoms with van der Waals surface area (Å²) < 4.78 is 8.74. The lowest BCUT2D eigenvalue weighted by molar-refractivity contribution is 0.337. The number of allylic oxidation sites excluding steroid dienone is 4. The molecule has 0 aliphatic heterocycles. The molecule has 1 heterocycles. The SMILES string of the molecule is C=CSNc1cnc(OCC2=C(C)CC=CC=C2C)cn1. The number of hydrogen-bond acceptors (Lipinski definition) is 5. The fourth-order valence-corrected chi connectivity index (χ4v) is 2.26. The third kappa shape index (κ3) is 4.49. The van der Waals surface area contributed by atoms with Crippen molar-refractivity contribution in [3.05, 3.63) is 59.3 Å². The number of anilines is 1. The van der Waals surface area contributed by atoms with Crippen LogP contribution in [0, 0.1) is 0 Å². The zero-order valence-corrected chi connectivity index (χ0v) is 13.1. The topological polar surface area (TPSA) is 47.0 Å². The van der Waals surface area contributed by atoms with E-state index in [0.717, 1.165) is 6.42 Å². The van der Waals surface area contributed by atoms with Gasteiger partial charge in [0, 0.05) is 0 Å². The Morgan fingerprint density at radius 2 is 2.24 bits per heavy atom. The highest BCUT2D eigenvalue weighted by Crippen LogP contribution is 2.21. The second-order valence-corrected chi connectivity index (χ2v) is 5.43. The number of ether oxygens (including phenoxy) is 1. The average Bonchev–Trinajstić information content (AvgIpc) is 2.65. The van der Waals surface area contributed by atoms with E-state index >= 15 is 0 Å². The Kier molecular flexibility index (Phi) is 5.63. The van der Waals surface area contributed by atoms with Crippen LogP contribution in [0.2, 0.25) is 0 Å². The summed E-state index contributed by atoms with van der Waals surface area (Å²) in [6.07, 6.45) is 10.6. The van der Waals surface area contributed by atoms with Gasteiger partial charge in [0.25, 0.3) is 0 Å². The van der Waals surface area contributed by atoms with E-state index in [1.54, 1.807) is 17.8 Å². The minimum atomic E-state index is 0.513. The first-order valence-corrected chi connectivity index (χ1v) is 7.58. The van der Waals surface area contributed by atoms with Crippen molar-refractivity contribution in [1.29, 1.82) is 0 Å². The quantitative estimate of drug-likeness (QED) is 0.795. The predicted molar refractivity (Wildman–Crippen MR) is 89.2 cm³/mol. The molecule has 1 aromatic rings. The van der Waals surface area contributed by atoms with E-state index in [2.05, 4.69) is 53.3 Å². The molecule has 1 N–H and O–H groups in total. The Bertz CT molecular complexity index is 588. The monoisotopic (exact) mass is 301 g/mol. The van der Waals surface area contributed by atoms with Crippen LogP contribution in [0.25, 0.3) is 0 Å². The van der Waals surface area contributed by atoms with E-state index in [9.17, 15) is 0 Å². The lowest BCUT2D eigenvalue weighted by Crippen LogP contribution is -2.06. The van der Waals surface area contributed by atoms with Crippen molar-refractivity contribution in [3.8, 4) is 5.88 Å². The maximum Gasteiger partial charge on any atom is 0.232 e. The molecule has 21 heavy (non-hydrogen) atoms. The molecule has 0 atom stereocenters. The highest BCUT2D eigenvalue weighted by Gasteiger charge is 2.08. The molecule has 0 bridgehead atoms. The van der Waals surface area contributed by atoms with E-state index in [-0.39, 0.29) is 0 Å². The first-order valence-electron chi connectivity index (χ1n) is 6.70. The molecular formula is C16H19N3OS. The third-order valence-electron chi connectivity index (χ3n) is 3.14. The van der Waals surface area contributed by atoms with Crippen molar-refractivity contribution in [1.82, 2.24) is 9.97 Å². The van der Waals surface area contributed by atoms with Gasteiger partial charge in [0.1, 0.15) is 6.61 Å². The first-order chi connectivity index (χ1) is 10.2. The molecule has 4 nitrogen and oxygen atoms in total. The number of aromatic nitrogens is 2. The van der Waals surface area contributed by atoms with E-state index in [1.165, 1.54) is 28.7 Å². The number of nitrogens with one attached hydrogen (secondary N) is 1. The van der Waals surface area contributed by atoms with Gasteiger partial charge in [-0.2, -0.15) is 0 Å². The minimum Gasteiger partial charge on any atom is -0.472 e. The molecule has 2 rings (SSSR count). The first kappa shape index (κ1) is 15.4. The molecule has 0 spiro atoms. The summed E-state index contributed by atoms with van der Waals surface area (Å²) in [5.74, 6) is 1.20. The van der Waals surface area contributed by atoms with Crippen LogP contribution in [-0.4, -0.2) is 16.6 Å². The van der Waals surface area contributed by atoms with Gasteiger partial charge in [0.2, 0.25) is 5.88 Å². The van der Waals surface area contributed by atoms with E-state index < -0.39 is 0 Å². The largest absolute Gasteiger partial charge is 0.472 e. The zero-order chi connectivity index (χ0) is 15.1. The fraction of sp³-hybridized carbons (Fsp3) is 0.250. The van der Waals surface area contributed by atoms with Crippen LogP contribution in [0.15, 0.2) is 59.3 Å². The van der Waals surface area contributed by atoms with Gasteiger partial charge in [0.15, 0.2) is 5.82 Å². The van der Waals surface area contributed by atoms with Gasteiger partial charge in [0.05, 0.1) is 12.4 Å². The summed E-state index contributed by atoms with van der Waals surface area (Å²) in [6, 6.07) is 0. The van der Waals surface area contributed by atoms with Gasteiger partial charge in [-0.25, -0.2) is 9.97 Å². The van der Waals surface area contributed by atoms with Crippen LogP contribution < -0.4 is 9.46 Å². The second kappa shape index (κ2) is 7.69. The maximum absolute atomic E-state index is 5.75. The van der Waals surface area contributed by atoms with Gasteiger partial charge in [-0.3, -0.25) is 0 Å². The number of nitrogens with zero attached hydrogens (tertiary/aromatic N) is 2. The Morgan fingerprint density at radius 3 is 2.95 bits per heavy atom. The lowest BCUT2D eigenvalue weighted by atomic mass is 10.0. The van der Waals surface area contributed by atoms with Crippen LogP contribution in [0.4, 0.5) is 5.82 Å². The van der Waals surface area contributed by atoms with Crippen LogP contribution >= 0.6 is 11.9 Å². The minimum absolute atomic E-state index is 0.513. The van der Waals surface area contributed by atoms with Gasteiger partial charge in [-0.15, -0.1) is 0 Å². The molecule has 0 saturated heterocycles. The van der Waals surface area contributed by atoms with Crippen molar-refractivity contribution in [2.24, 2.45) is 0 Å². The molecule has 1 aromatic heterocycles. The van der Waals surface area contributed by atoms with Crippen LogP contribution in [0.3, 0.4) is 0 Å². The van der Waals surface area contributed by atoms with Crippen molar-refractivity contribution < 1.29 is 4.74 Å². The Morgan fingerprint density at radius 1 is 1.38 bits per heavy atom. The van der Waals surface area contributed by atoms with Crippen molar-refractivity contribution in [3.63, 3.8) is 0 Å². The summed E-state index contributed by atoms with van der Waals surface area (Å²) >= 11 is 1.35. The van der Waals surface area contributed by atoms with E-state index in [0.29, 0.717) is 18.3 Å². The fourth-order valence-electron chi connectivity index (χ4n) is 1.95. The summed E-state index contributed by atoms with van der Waals surface area (Å²) in [6.45, 7) is 8.36. The van der Waals surface area contributed by atoms with Gasteiger partial charge < -0.3 is 9.46 Å². The Balaban J connectivity index is 1.98. The predicted octanol–water partition coefficient (Wildman–Crippen LogP) is 4.28. The molecule has 0 saturated carbocycles. The van der Waals surface area contributed by atoms with E-state index in [1.807, 2.05) is 0 Å². The molecule has 0 amide bonds. The molecule has 0 radical (unpaired) electrons. The van der Waals surface area contributed by atoms with Crippen molar-refractivity contribution in [2.45, 2.75) is 20.3 Å². The van der Waals surface area contributed by atoms with Crippen LogP contribution in [0.1, 0.15) is 20.3 Å². The molecule has 1 aliphatic carbocycles. The third-order valence-corrected chi connectivity index (χ3v) is 3.63. The number of hydrogen-bond donors (Lipinski definition) is 1. The van der Waals surface area contributed by atoms with Crippen LogP contribution in [0.5, 0.6) is 5.88 Å². The summed E-state index contributed by atoms with van der Waals surface area (Å²) in [4.78, 5) is 8.46. The Hall–Kier alpha value is -2.01. The molecule has 0 unspecified atom stereocenters. The van der Waals surface area contributed by atoms with Crippen molar-refractivity contribution in [2.75, 3.05) is 11.3 Å². The Labute approximate surface area is 129 Å². The number of rotatable bonds is 6. The highest BCUT2D eigenvalue weighted by atomic mass is 32.2. The molecule has 110 valence electrons. The maximum atomic E-state index is 5.75. The normalized spacial score (nSPS) is 14.5. The van der Waals surface area contributed by atoms with Crippen molar-refractivity contribution >= 4 is 17.8 Å². The smallest absolute Gasteiger partial charge is 0.232 e.